The van der Waals surface area contributed by atoms with Gasteiger partial charge in [0.1, 0.15) is 0 Å². The number of hydrogen-bond acceptors (Lipinski definition) is 2. The van der Waals surface area contributed by atoms with E-state index in [1.165, 1.54) is 15.3 Å². The topological polar surface area (TPSA) is 36.9 Å². The second kappa shape index (κ2) is 7.75. The number of nitrogens with zero attached hydrogens (tertiary/aromatic N) is 1. The molecule has 23 heavy (non-hydrogen) atoms. The van der Waals surface area contributed by atoms with Gasteiger partial charge < -0.3 is 10.2 Å². The lowest BCUT2D eigenvalue weighted by molar-refractivity contribution is -0.707. The molecule has 4 heteroatoms. The third kappa shape index (κ3) is 6.16. The van der Waals surface area contributed by atoms with Gasteiger partial charge in [-0.3, -0.25) is 4.79 Å². The highest BCUT2D eigenvalue weighted by Crippen LogP contribution is 2.18. The summed E-state index contributed by atoms with van der Waals surface area (Å²) in [6, 6.07) is 14.4. The average Bonchev–Trinajstić information content (AvgIpc) is 2.90. The van der Waals surface area contributed by atoms with Crippen LogP contribution in [0.1, 0.15) is 36.1 Å². The Labute approximate surface area is 143 Å². The third-order valence-corrected chi connectivity index (χ3v) is 4.59. The van der Waals surface area contributed by atoms with Crippen molar-refractivity contribution >= 4 is 17.2 Å². The van der Waals surface area contributed by atoms with Crippen molar-refractivity contribution in [3.63, 3.8) is 0 Å². The van der Waals surface area contributed by atoms with E-state index in [1.54, 1.807) is 11.3 Å². The van der Waals surface area contributed by atoms with E-state index in [4.69, 9.17) is 0 Å². The Kier molecular flexibility index (Phi) is 5.97. The molecule has 0 unspecified atom stereocenters. The Morgan fingerprint density at radius 3 is 2.35 bits per heavy atom. The molecule has 0 atom stereocenters. The van der Waals surface area contributed by atoms with E-state index in [9.17, 15) is 4.79 Å². The summed E-state index contributed by atoms with van der Waals surface area (Å²) in [6.07, 6.45) is 0. The average molecular weight is 332 g/mol. The molecule has 3 nitrogen and oxygen atoms in total. The summed E-state index contributed by atoms with van der Waals surface area (Å²) < 4.78 is 0. The normalized spacial score (nSPS) is 11.5. The fraction of sp³-hybridized carbons (Fsp3) is 0.421. The van der Waals surface area contributed by atoms with Crippen LogP contribution in [0.25, 0.3) is 0 Å². The first-order valence-corrected chi connectivity index (χ1v) is 8.86. The largest absolute Gasteiger partial charge is 0.334 e. The van der Waals surface area contributed by atoms with Crippen molar-refractivity contribution in [1.82, 2.24) is 4.90 Å². The van der Waals surface area contributed by atoms with Gasteiger partial charge in [-0.15, -0.1) is 11.3 Å². The predicted molar refractivity (Wildman–Crippen MR) is 96.3 cm³/mol. The number of benzene rings is 1. The van der Waals surface area contributed by atoms with Gasteiger partial charge in [-0.25, -0.2) is 0 Å². The van der Waals surface area contributed by atoms with E-state index in [2.05, 4.69) is 57.3 Å². The zero-order valence-electron chi connectivity index (χ0n) is 14.5. The number of carbonyl (C=O) groups excluding carboxylic acids is 1. The molecule has 124 valence electrons. The zero-order valence-corrected chi connectivity index (χ0v) is 15.3. The van der Waals surface area contributed by atoms with E-state index in [1.807, 2.05) is 23.1 Å². The molecule has 2 aromatic rings. The minimum Gasteiger partial charge on any atom is -0.334 e. The molecule has 0 saturated heterocycles. The van der Waals surface area contributed by atoms with Crippen molar-refractivity contribution in [2.75, 3.05) is 6.54 Å². The summed E-state index contributed by atoms with van der Waals surface area (Å²) in [5.41, 5.74) is 1.23. The maximum atomic E-state index is 12.7. The van der Waals surface area contributed by atoms with Crippen molar-refractivity contribution in [2.24, 2.45) is 0 Å². The minimum absolute atomic E-state index is 0.0631. The molecule has 0 aliphatic rings. The maximum Gasteiger partial charge on any atom is 0.278 e. The standard InChI is InChI=1S/C19H26N2OS/c1-15-10-11-17(23-15)14-21(13-16-8-6-5-7-9-16)18(22)12-20-19(2,3)4/h5-11,20H,12-14H2,1-4H3/p+1. The Morgan fingerprint density at radius 2 is 1.78 bits per heavy atom. The SMILES string of the molecule is Cc1ccc(CN(Cc2ccccc2)C(=O)C[NH2+]C(C)(C)C)s1. The first-order valence-electron chi connectivity index (χ1n) is 8.05. The molecule has 2 rings (SSSR count). The summed E-state index contributed by atoms with van der Waals surface area (Å²) in [7, 11) is 0. The van der Waals surface area contributed by atoms with Crippen LogP contribution >= 0.6 is 11.3 Å². The first kappa shape index (κ1) is 17.7. The van der Waals surface area contributed by atoms with Crippen LogP contribution in [-0.4, -0.2) is 22.9 Å². The van der Waals surface area contributed by atoms with E-state index >= 15 is 0 Å². The summed E-state index contributed by atoms with van der Waals surface area (Å²) in [4.78, 5) is 17.2. The Morgan fingerprint density at radius 1 is 1.09 bits per heavy atom. The molecule has 1 aromatic heterocycles. The van der Waals surface area contributed by atoms with Crippen molar-refractivity contribution in [2.45, 2.75) is 46.3 Å². The van der Waals surface area contributed by atoms with Crippen LogP contribution in [0.4, 0.5) is 0 Å². The predicted octanol–water partition coefficient (Wildman–Crippen LogP) is 2.95. The van der Waals surface area contributed by atoms with Gasteiger partial charge in [-0.1, -0.05) is 30.3 Å². The third-order valence-electron chi connectivity index (χ3n) is 3.60. The first-order chi connectivity index (χ1) is 10.8. The molecule has 0 bridgehead atoms. The van der Waals surface area contributed by atoms with Gasteiger partial charge in [-0.05, 0) is 45.4 Å². The molecule has 0 aliphatic carbocycles. The maximum absolute atomic E-state index is 12.7. The Hall–Kier alpha value is -1.65. The lowest BCUT2D eigenvalue weighted by atomic mass is 10.1. The zero-order chi connectivity index (χ0) is 16.9. The number of nitrogens with two attached hydrogens (primary N) is 1. The van der Waals surface area contributed by atoms with Crippen molar-refractivity contribution < 1.29 is 10.1 Å². The lowest BCUT2D eigenvalue weighted by Crippen LogP contribution is -2.96. The van der Waals surface area contributed by atoms with Crippen LogP contribution in [0.2, 0.25) is 0 Å². The second-order valence-corrected chi connectivity index (χ2v) is 8.39. The van der Waals surface area contributed by atoms with Crippen LogP contribution in [0.15, 0.2) is 42.5 Å². The summed E-state index contributed by atoms with van der Waals surface area (Å²) >= 11 is 1.76. The highest BCUT2D eigenvalue weighted by Gasteiger charge is 2.21. The van der Waals surface area contributed by atoms with E-state index in [-0.39, 0.29) is 11.4 Å². The molecule has 1 heterocycles. The summed E-state index contributed by atoms with van der Waals surface area (Å²) in [5.74, 6) is 0.190. The van der Waals surface area contributed by atoms with Crippen LogP contribution in [0, 0.1) is 6.92 Å². The van der Waals surface area contributed by atoms with Gasteiger partial charge in [0.05, 0.1) is 12.1 Å². The molecular weight excluding hydrogens is 304 g/mol. The second-order valence-electron chi connectivity index (χ2n) is 7.02. The molecule has 0 fully saturated rings. The monoisotopic (exact) mass is 331 g/mol. The van der Waals surface area contributed by atoms with Gasteiger partial charge in [0.15, 0.2) is 6.54 Å². The van der Waals surface area contributed by atoms with E-state index in [0.717, 1.165) is 0 Å². The van der Waals surface area contributed by atoms with Crippen molar-refractivity contribution in [3.8, 4) is 0 Å². The number of quaternary nitrogens is 1. The number of aryl methyl sites for hydroxylation is 1. The molecule has 1 amide bonds. The molecule has 0 aliphatic heterocycles. The fourth-order valence-corrected chi connectivity index (χ4v) is 3.22. The van der Waals surface area contributed by atoms with Crippen LogP contribution < -0.4 is 5.32 Å². The minimum atomic E-state index is 0.0631. The highest BCUT2D eigenvalue weighted by atomic mass is 32.1. The van der Waals surface area contributed by atoms with Crippen LogP contribution in [0.3, 0.4) is 0 Å². The van der Waals surface area contributed by atoms with Crippen LogP contribution in [-0.2, 0) is 17.9 Å². The number of thiophene rings is 1. The van der Waals surface area contributed by atoms with E-state index < -0.39 is 0 Å². The Bertz CT molecular complexity index is 628. The number of rotatable bonds is 6. The molecule has 0 radical (unpaired) electrons. The van der Waals surface area contributed by atoms with Gasteiger partial charge in [0, 0.05) is 16.3 Å². The van der Waals surface area contributed by atoms with Crippen molar-refractivity contribution in [3.05, 3.63) is 57.8 Å². The molecule has 0 saturated carbocycles. The summed E-state index contributed by atoms with van der Waals surface area (Å²) in [5, 5.41) is 2.10. The van der Waals surface area contributed by atoms with E-state index in [0.29, 0.717) is 19.6 Å². The molecule has 1 aromatic carbocycles. The number of carbonyl (C=O) groups is 1. The van der Waals surface area contributed by atoms with Gasteiger partial charge >= 0.3 is 0 Å². The van der Waals surface area contributed by atoms with Gasteiger partial charge in [0.2, 0.25) is 0 Å². The molecule has 2 N–H and O–H groups in total. The lowest BCUT2D eigenvalue weighted by Gasteiger charge is -2.24. The smallest absolute Gasteiger partial charge is 0.278 e. The van der Waals surface area contributed by atoms with Crippen molar-refractivity contribution in [1.29, 1.82) is 0 Å². The van der Waals surface area contributed by atoms with Gasteiger partial charge in [-0.2, -0.15) is 0 Å². The molecule has 0 spiro atoms. The number of amides is 1. The highest BCUT2D eigenvalue weighted by molar-refractivity contribution is 7.11. The fourth-order valence-electron chi connectivity index (χ4n) is 2.32. The Balaban J connectivity index is 2.08. The van der Waals surface area contributed by atoms with Crippen LogP contribution in [0.5, 0.6) is 0 Å². The van der Waals surface area contributed by atoms with Gasteiger partial charge in [0.25, 0.3) is 5.91 Å². The number of hydrogen-bond donors (Lipinski definition) is 1. The molecular formula is C19H27N2OS+. The quantitative estimate of drug-likeness (QED) is 0.868. The summed E-state index contributed by atoms with van der Waals surface area (Å²) in [6.45, 7) is 10.3.